The van der Waals surface area contributed by atoms with E-state index in [1.54, 1.807) is 0 Å². The second-order valence-electron chi connectivity index (χ2n) is 4.32. The van der Waals surface area contributed by atoms with E-state index in [0.29, 0.717) is 12.5 Å². The maximum Gasteiger partial charge on any atom is 0.235 e. The fourth-order valence-corrected chi connectivity index (χ4v) is 2.49. The van der Waals surface area contributed by atoms with Gasteiger partial charge < -0.3 is 0 Å². The van der Waals surface area contributed by atoms with E-state index in [0.717, 1.165) is 25.9 Å². The van der Waals surface area contributed by atoms with Gasteiger partial charge in [0.1, 0.15) is 0 Å². The predicted molar refractivity (Wildman–Crippen MR) is 65.7 cm³/mol. The largest absolute Gasteiger partial charge is 0.295 e. The lowest BCUT2D eigenvalue weighted by Crippen LogP contribution is -2.35. The van der Waals surface area contributed by atoms with E-state index in [1.807, 2.05) is 6.07 Å². The van der Waals surface area contributed by atoms with Crippen LogP contribution in [0.15, 0.2) is 30.3 Å². The van der Waals surface area contributed by atoms with Crippen LogP contribution in [0, 0.1) is 0 Å². The van der Waals surface area contributed by atoms with Crippen molar-refractivity contribution in [2.24, 2.45) is 0 Å². The van der Waals surface area contributed by atoms with Crippen molar-refractivity contribution in [2.45, 2.75) is 18.8 Å². The maximum absolute atomic E-state index is 10.8. The van der Waals surface area contributed by atoms with Crippen LogP contribution < -0.4 is 0 Å². The van der Waals surface area contributed by atoms with Gasteiger partial charge >= 0.3 is 0 Å². The molecule has 1 fully saturated rings. The summed E-state index contributed by atoms with van der Waals surface area (Å²) in [6.07, 6.45) is 2.24. The molecular formula is C13H16ClNO. The van der Waals surface area contributed by atoms with Gasteiger partial charge in [0.25, 0.3) is 0 Å². The van der Waals surface area contributed by atoms with Crippen molar-refractivity contribution in [2.75, 3.05) is 19.6 Å². The third kappa shape index (κ3) is 3.06. The molecule has 0 spiro atoms. The summed E-state index contributed by atoms with van der Waals surface area (Å²) >= 11 is 5.38. The van der Waals surface area contributed by atoms with Crippen molar-refractivity contribution in [3.05, 3.63) is 35.9 Å². The second kappa shape index (κ2) is 5.46. The topological polar surface area (TPSA) is 20.3 Å². The summed E-state index contributed by atoms with van der Waals surface area (Å²) in [4.78, 5) is 12.9. The van der Waals surface area contributed by atoms with Gasteiger partial charge in [-0.15, -0.1) is 0 Å². The quantitative estimate of drug-likeness (QED) is 0.754. The molecule has 0 aromatic heterocycles. The van der Waals surface area contributed by atoms with Gasteiger partial charge in [0, 0.05) is 0 Å². The Kier molecular flexibility index (Phi) is 3.97. The molecule has 0 bridgehead atoms. The van der Waals surface area contributed by atoms with Gasteiger partial charge in [-0.3, -0.25) is 9.69 Å². The minimum Gasteiger partial charge on any atom is -0.295 e. The predicted octanol–water partition coefficient (Wildman–Crippen LogP) is 2.63. The van der Waals surface area contributed by atoms with E-state index < -0.39 is 0 Å². The lowest BCUT2D eigenvalue weighted by Gasteiger charge is -2.31. The number of benzene rings is 1. The number of carbonyl (C=O) groups excluding carboxylic acids is 1. The minimum atomic E-state index is -0.252. The molecule has 16 heavy (non-hydrogen) atoms. The van der Waals surface area contributed by atoms with Crippen LogP contribution >= 0.6 is 11.6 Å². The Morgan fingerprint density at radius 1 is 1.25 bits per heavy atom. The molecule has 1 aliphatic rings. The fourth-order valence-electron chi connectivity index (χ4n) is 2.33. The summed E-state index contributed by atoms with van der Waals surface area (Å²) in [5.41, 5.74) is 1.42. The van der Waals surface area contributed by atoms with Crippen LogP contribution in [-0.2, 0) is 4.79 Å². The Hall–Kier alpha value is -0.860. The Labute approximate surface area is 101 Å². The molecule has 0 saturated carbocycles. The molecule has 86 valence electrons. The van der Waals surface area contributed by atoms with E-state index in [4.69, 9.17) is 11.6 Å². The molecule has 0 aliphatic carbocycles. The molecule has 0 radical (unpaired) electrons. The van der Waals surface area contributed by atoms with Crippen LogP contribution in [-0.4, -0.2) is 29.8 Å². The summed E-state index contributed by atoms with van der Waals surface area (Å²) < 4.78 is 0. The minimum absolute atomic E-state index is 0.252. The highest BCUT2D eigenvalue weighted by atomic mass is 35.5. The molecule has 0 N–H and O–H groups in total. The highest BCUT2D eigenvalue weighted by Crippen LogP contribution is 2.27. The van der Waals surface area contributed by atoms with Crippen molar-refractivity contribution < 1.29 is 4.79 Å². The van der Waals surface area contributed by atoms with Crippen molar-refractivity contribution in [3.63, 3.8) is 0 Å². The molecule has 0 atom stereocenters. The average Bonchev–Trinajstić information content (AvgIpc) is 2.30. The average molecular weight is 238 g/mol. The number of carbonyl (C=O) groups is 1. The van der Waals surface area contributed by atoms with Crippen LogP contribution in [0.25, 0.3) is 0 Å². The van der Waals surface area contributed by atoms with E-state index >= 15 is 0 Å². The van der Waals surface area contributed by atoms with Gasteiger partial charge in [-0.05, 0) is 49.0 Å². The number of piperidine rings is 1. The molecule has 0 unspecified atom stereocenters. The molecular weight excluding hydrogens is 222 g/mol. The van der Waals surface area contributed by atoms with Crippen molar-refractivity contribution in [3.8, 4) is 0 Å². The Balaban J connectivity index is 1.88. The number of likely N-dealkylation sites (tertiary alicyclic amines) is 1. The summed E-state index contributed by atoms with van der Waals surface area (Å²) in [7, 11) is 0. The smallest absolute Gasteiger partial charge is 0.235 e. The third-order valence-electron chi connectivity index (χ3n) is 3.21. The first-order valence-corrected chi connectivity index (χ1v) is 6.09. The zero-order valence-electron chi connectivity index (χ0n) is 9.23. The van der Waals surface area contributed by atoms with Crippen LogP contribution in [0.5, 0.6) is 0 Å². The molecule has 2 rings (SSSR count). The Morgan fingerprint density at radius 2 is 1.88 bits per heavy atom. The van der Waals surface area contributed by atoms with E-state index in [-0.39, 0.29) is 5.24 Å². The maximum atomic E-state index is 10.8. The molecule has 1 heterocycles. The lowest BCUT2D eigenvalue weighted by atomic mass is 9.89. The van der Waals surface area contributed by atoms with Gasteiger partial charge in [-0.25, -0.2) is 0 Å². The van der Waals surface area contributed by atoms with Gasteiger partial charge in [0.05, 0.1) is 6.54 Å². The van der Waals surface area contributed by atoms with Crippen molar-refractivity contribution >= 4 is 16.8 Å². The molecule has 1 saturated heterocycles. The lowest BCUT2D eigenvalue weighted by molar-refractivity contribution is -0.113. The van der Waals surface area contributed by atoms with Crippen molar-refractivity contribution in [1.82, 2.24) is 4.90 Å². The second-order valence-corrected chi connectivity index (χ2v) is 4.74. The van der Waals surface area contributed by atoms with Crippen LogP contribution in [0.3, 0.4) is 0 Å². The standard InChI is InChI=1S/C13H16ClNO/c14-13(16)10-15-8-6-12(7-9-15)11-4-2-1-3-5-11/h1-5,12H,6-10H2. The Bertz CT molecular complexity index is 344. The van der Waals surface area contributed by atoms with E-state index in [9.17, 15) is 4.79 Å². The van der Waals surface area contributed by atoms with Gasteiger partial charge in [-0.2, -0.15) is 0 Å². The van der Waals surface area contributed by atoms with Gasteiger partial charge in [0.15, 0.2) is 0 Å². The first-order valence-electron chi connectivity index (χ1n) is 5.71. The third-order valence-corrected chi connectivity index (χ3v) is 3.33. The highest BCUT2D eigenvalue weighted by Gasteiger charge is 2.21. The SMILES string of the molecule is O=C(Cl)CN1CCC(c2ccccc2)CC1. The number of rotatable bonds is 3. The number of halogens is 1. The Morgan fingerprint density at radius 3 is 2.44 bits per heavy atom. The summed E-state index contributed by atoms with van der Waals surface area (Å²) in [6.45, 7) is 2.33. The molecule has 1 aromatic rings. The van der Waals surface area contributed by atoms with Crippen LogP contribution in [0.1, 0.15) is 24.3 Å². The number of nitrogens with zero attached hydrogens (tertiary/aromatic N) is 1. The zero-order valence-corrected chi connectivity index (χ0v) is 9.99. The molecule has 2 nitrogen and oxygen atoms in total. The highest BCUT2D eigenvalue weighted by molar-refractivity contribution is 6.64. The van der Waals surface area contributed by atoms with E-state index in [2.05, 4.69) is 29.2 Å². The normalized spacial score (nSPS) is 18.6. The van der Waals surface area contributed by atoms with Gasteiger partial charge in [0.2, 0.25) is 5.24 Å². The van der Waals surface area contributed by atoms with Crippen LogP contribution in [0.4, 0.5) is 0 Å². The molecule has 1 aliphatic heterocycles. The summed E-state index contributed by atoms with van der Waals surface area (Å²) in [6, 6.07) is 10.6. The molecule has 1 aromatic carbocycles. The fraction of sp³-hybridized carbons (Fsp3) is 0.462. The molecule has 0 amide bonds. The monoisotopic (exact) mass is 237 g/mol. The first-order chi connectivity index (χ1) is 7.75. The van der Waals surface area contributed by atoms with E-state index in [1.165, 1.54) is 5.56 Å². The van der Waals surface area contributed by atoms with Crippen molar-refractivity contribution in [1.29, 1.82) is 0 Å². The summed E-state index contributed by atoms with van der Waals surface area (Å²) in [5.74, 6) is 0.642. The molecule has 3 heteroatoms. The summed E-state index contributed by atoms with van der Waals surface area (Å²) in [5, 5.41) is -0.252. The zero-order chi connectivity index (χ0) is 11.4. The first kappa shape index (κ1) is 11.6. The number of hydrogen-bond acceptors (Lipinski definition) is 2. The van der Waals surface area contributed by atoms with Crippen LogP contribution in [0.2, 0.25) is 0 Å². The number of hydrogen-bond donors (Lipinski definition) is 0. The van der Waals surface area contributed by atoms with Gasteiger partial charge in [-0.1, -0.05) is 30.3 Å².